The highest BCUT2D eigenvalue weighted by Gasteiger charge is 2.42. The number of hydrogen-bond acceptors (Lipinski definition) is 2. The third kappa shape index (κ3) is 2.91. The summed E-state index contributed by atoms with van der Waals surface area (Å²) in [5, 5.41) is 0. The van der Waals surface area contributed by atoms with E-state index in [0.29, 0.717) is 11.8 Å². The van der Waals surface area contributed by atoms with Crippen molar-refractivity contribution in [3.63, 3.8) is 0 Å². The summed E-state index contributed by atoms with van der Waals surface area (Å²) in [6.45, 7) is 1.67. The van der Waals surface area contributed by atoms with E-state index in [1.807, 2.05) is 23.1 Å². The van der Waals surface area contributed by atoms with Crippen LogP contribution in [0.5, 0.6) is 0 Å². The van der Waals surface area contributed by atoms with Gasteiger partial charge in [-0.2, -0.15) is 0 Å². The highest BCUT2D eigenvalue weighted by Crippen LogP contribution is 2.38. The number of amides is 1. The molecular weight excluding hydrogens is 407 g/mol. The maximum atomic E-state index is 12.6. The number of likely N-dealkylation sites (tertiary alicyclic amines) is 1. The molecule has 20 heavy (non-hydrogen) atoms. The van der Waals surface area contributed by atoms with Gasteiger partial charge in [0, 0.05) is 28.1 Å². The van der Waals surface area contributed by atoms with E-state index in [2.05, 4.69) is 31.9 Å². The van der Waals surface area contributed by atoms with Crippen molar-refractivity contribution >= 4 is 50.2 Å². The van der Waals surface area contributed by atoms with E-state index < -0.39 is 0 Å². The van der Waals surface area contributed by atoms with Crippen LogP contribution in [-0.4, -0.2) is 29.9 Å². The Hall–Kier alpha value is -0.100. The van der Waals surface area contributed by atoms with Crippen LogP contribution < -0.4 is 5.73 Å². The van der Waals surface area contributed by atoms with Crippen molar-refractivity contribution in [3.05, 3.63) is 32.7 Å². The minimum atomic E-state index is 0. The molecule has 1 aliphatic heterocycles. The van der Waals surface area contributed by atoms with Gasteiger partial charge in [0.25, 0.3) is 5.91 Å². The lowest BCUT2D eigenvalue weighted by Gasteiger charge is -2.19. The normalized spacial score (nSPS) is 28.1. The van der Waals surface area contributed by atoms with Crippen molar-refractivity contribution in [1.82, 2.24) is 4.90 Å². The van der Waals surface area contributed by atoms with Crippen LogP contribution >= 0.6 is 44.3 Å². The summed E-state index contributed by atoms with van der Waals surface area (Å²) in [5.41, 5.74) is 6.85. The molecule has 3 rings (SSSR count). The first-order chi connectivity index (χ1) is 9.06. The third-order valence-corrected chi connectivity index (χ3v) is 5.51. The summed E-state index contributed by atoms with van der Waals surface area (Å²) in [6, 6.07) is 5.96. The highest BCUT2D eigenvalue weighted by molar-refractivity contribution is 9.11. The summed E-state index contributed by atoms with van der Waals surface area (Å²) in [7, 11) is 0. The molecule has 2 aliphatic rings. The van der Waals surface area contributed by atoms with Crippen LogP contribution in [0.3, 0.4) is 0 Å². The van der Waals surface area contributed by atoms with Crippen LogP contribution in [0.1, 0.15) is 23.2 Å². The Bertz CT molecular complexity index is 526. The second-order valence-corrected chi connectivity index (χ2v) is 7.27. The maximum absolute atomic E-state index is 12.6. The monoisotopic (exact) mass is 422 g/mol. The third-order valence-electron chi connectivity index (χ3n) is 4.36. The van der Waals surface area contributed by atoms with E-state index in [9.17, 15) is 4.79 Å². The number of hydrogen-bond donors (Lipinski definition) is 1. The smallest absolute Gasteiger partial charge is 0.255 e. The van der Waals surface area contributed by atoms with Gasteiger partial charge < -0.3 is 10.6 Å². The molecule has 1 saturated heterocycles. The molecule has 110 valence electrons. The SMILES string of the molecule is Cl.NC1CCC2CN(C(=O)c3ccc(Br)cc3Br)CC12. The van der Waals surface area contributed by atoms with Crippen LogP contribution in [0.2, 0.25) is 0 Å². The van der Waals surface area contributed by atoms with Gasteiger partial charge in [-0.05, 0) is 58.8 Å². The van der Waals surface area contributed by atoms with Crippen molar-refractivity contribution in [2.24, 2.45) is 17.6 Å². The molecule has 1 aliphatic carbocycles. The second kappa shape index (κ2) is 6.34. The molecule has 1 amide bonds. The van der Waals surface area contributed by atoms with Crippen molar-refractivity contribution in [1.29, 1.82) is 0 Å². The average molecular weight is 425 g/mol. The lowest BCUT2D eigenvalue weighted by molar-refractivity contribution is 0.0778. The Kier molecular flexibility index (Phi) is 5.16. The fourth-order valence-electron chi connectivity index (χ4n) is 3.31. The number of benzene rings is 1. The number of nitrogens with two attached hydrogens (primary N) is 1. The molecule has 2 N–H and O–H groups in total. The predicted octanol–water partition coefficient (Wildman–Crippen LogP) is 3.44. The van der Waals surface area contributed by atoms with E-state index >= 15 is 0 Å². The first kappa shape index (κ1) is 16.3. The fourth-order valence-corrected chi connectivity index (χ4v) is 4.52. The van der Waals surface area contributed by atoms with Crippen molar-refractivity contribution in [3.8, 4) is 0 Å². The first-order valence-corrected chi connectivity index (χ1v) is 8.15. The molecule has 1 saturated carbocycles. The minimum absolute atomic E-state index is 0. The zero-order valence-corrected chi connectivity index (χ0v) is 14.9. The molecule has 1 heterocycles. The highest BCUT2D eigenvalue weighted by atomic mass is 79.9. The predicted molar refractivity (Wildman–Crippen MR) is 89.2 cm³/mol. The minimum Gasteiger partial charge on any atom is -0.338 e. The van der Waals surface area contributed by atoms with Gasteiger partial charge in [-0.25, -0.2) is 0 Å². The lowest BCUT2D eigenvalue weighted by atomic mass is 9.98. The molecular formula is C14H17Br2ClN2O. The van der Waals surface area contributed by atoms with E-state index in [0.717, 1.165) is 40.4 Å². The summed E-state index contributed by atoms with van der Waals surface area (Å²) in [4.78, 5) is 14.5. The summed E-state index contributed by atoms with van der Waals surface area (Å²) >= 11 is 6.87. The number of nitrogens with zero attached hydrogens (tertiary/aromatic N) is 1. The Morgan fingerprint density at radius 2 is 2.00 bits per heavy atom. The quantitative estimate of drug-likeness (QED) is 0.751. The molecule has 3 atom stereocenters. The largest absolute Gasteiger partial charge is 0.338 e. The molecule has 3 nitrogen and oxygen atoms in total. The molecule has 0 spiro atoms. The Morgan fingerprint density at radius 3 is 2.65 bits per heavy atom. The summed E-state index contributed by atoms with van der Waals surface area (Å²) in [5.74, 6) is 1.22. The molecule has 3 unspecified atom stereocenters. The van der Waals surface area contributed by atoms with Crippen LogP contribution in [0.4, 0.5) is 0 Å². The van der Waals surface area contributed by atoms with Crippen molar-refractivity contribution < 1.29 is 4.79 Å². The number of halogens is 3. The topological polar surface area (TPSA) is 46.3 Å². The van der Waals surface area contributed by atoms with Crippen LogP contribution in [-0.2, 0) is 0 Å². The fraction of sp³-hybridized carbons (Fsp3) is 0.500. The maximum Gasteiger partial charge on any atom is 0.255 e. The van der Waals surface area contributed by atoms with Crippen molar-refractivity contribution in [2.75, 3.05) is 13.1 Å². The number of rotatable bonds is 1. The molecule has 0 bridgehead atoms. The summed E-state index contributed by atoms with van der Waals surface area (Å²) < 4.78 is 1.81. The van der Waals surface area contributed by atoms with E-state index in [1.165, 1.54) is 0 Å². The Balaban J connectivity index is 0.00000147. The number of carbonyl (C=O) groups is 1. The zero-order chi connectivity index (χ0) is 13.6. The molecule has 0 radical (unpaired) electrons. The second-order valence-electron chi connectivity index (χ2n) is 5.50. The van der Waals surface area contributed by atoms with Crippen LogP contribution in [0.15, 0.2) is 27.1 Å². The van der Waals surface area contributed by atoms with Gasteiger partial charge in [-0.15, -0.1) is 12.4 Å². The van der Waals surface area contributed by atoms with Gasteiger partial charge in [0.1, 0.15) is 0 Å². The summed E-state index contributed by atoms with van der Waals surface area (Å²) in [6.07, 6.45) is 2.27. The molecule has 6 heteroatoms. The van der Waals surface area contributed by atoms with E-state index in [1.54, 1.807) is 0 Å². The Labute approximate surface area is 141 Å². The van der Waals surface area contributed by atoms with Gasteiger partial charge in [-0.3, -0.25) is 4.79 Å². The zero-order valence-electron chi connectivity index (χ0n) is 10.9. The van der Waals surface area contributed by atoms with Gasteiger partial charge in [0.2, 0.25) is 0 Å². The van der Waals surface area contributed by atoms with Gasteiger partial charge in [0.15, 0.2) is 0 Å². The molecule has 1 aromatic carbocycles. The average Bonchev–Trinajstić information content (AvgIpc) is 2.91. The Morgan fingerprint density at radius 1 is 1.25 bits per heavy atom. The number of carbonyl (C=O) groups excluding carboxylic acids is 1. The van der Waals surface area contributed by atoms with Crippen molar-refractivity contribution in [2.45, 2.75) is 18.9 Å². The van der Waals surface area contributed by atoms with Crippen LogP contribution in [0.25, 0.3) is 0 Å². The molecule has 0 aromatic heterocycles. The standard InChI is InChI=1S/C14H16Br2N2O.ClH/c15-9-2-3-10(12(16)5-9)14(19)18-6-8-1-4-13(17)11(8)7-18;/h2-3,5,8,11,13H,1,4,6-7,17H2;1H. The molecule has 2 fully saturated rings. The molecule has 1 aromatic rings. The van der Waals surface area contributed by atoms with Gasteiger partial charge in [0.05, 0.1) is 5.56 Å². The van der Waals surface area contributed by atoms with Gasteiger partial charge >= 0.3 is 0 Å². The lowest BCUT2D eigenvalue weighted by Crippen LogP contribution is -2.33. The van der Waals surface area contributed by atoms with E-state index in [4.69, 9.17) is 5.73 Å². The van der Waals surface area contributed by atoms with Crippen LogP contribution in [0, 0.1) is 11.8 Å². The van der Waals surface area contributed by atoms with E-state index in [-0.39, 0.29) is 24.4 Å². The first-order valence-electron chi connectivity index (χ1n) is 6.56. The van der Waals surface area contributed by atoms with Gasteiger partial charge in [-0.1, -0.05) is 15.9 Å². The number of fused-ring (bicyclic) bond motifs is 1.